The molecule has 0 bridgehead atoms. The number of nitro groups is 2. The fourth-order valence-corrected chi connectivity index (χ4v) is 1.52. The van der Waals surface area contributed by atoms with E-state index >= 15 is 0 Å². The molecule has 2 rings (SSSR count). The van der Waals surface area contributed by atoms with Gasteiger partial charge < -0.3 is 0 Å². The van der Waals surface area contributed by atoms with Crippen LogP contribution in [-0.2, 0) is 0 Å². The van der Waals surface area contributed by atoms with Gasteiger partial charge in [-0.3, -0.25) is 25.7 Å². The van der Waals surface area contributed by atoms with Gasteiger partial charge in [0.15, 0.2) is 0 Å². The van der Waals surface area contributed by atoms with Gasteiger partial charge in [-0.1, -0.05) is 12.1 Å². The summed E-state index contributed by atoms with van der Waals surface area (Å²) in [4.78, 5) is 24.1. The lowest BCUT2D eigenvalue weighted by molar-refractivity contribution is -0.384. The lowest BCUT2D eigenvalue weighted by Gasteiger charge is -1.99. The van der Waals surface area contributed by atoms with Crippen LogP contribution < -0.4 is 5.43 Å². The summed E-state index contributed by atoms with van der Waals surface area (Å²) in [6.45, 7) is 0. The van der Waals surface area contributed by atoms with Crippen molar-refractivity contribution in [3.05, 3.63) is 68.4 Å². The Balaban J connectivity index is 2.15. The molecule has 0 aliphatic carbocycles. The van der Waals surface area contributed by atoms with Crippen LogP contribution in [-0.4, -0.2) is 21.0 Å². The Morgan fingerprint density at radius 3 is 2.67 bits per heavy atom. The molecule has 0 fully saturated rings. The number of hydrogen-bond acceptors (Lipinski definition) is 7. The summed E-state index contributed by atoms with van der Waals surface area (Å²) < 4.78 is 0. The number of nitro benzene ring substituents is 1. The van der Waals surface area contributed by atoms with Gasteiger partial charge in [0.1, 0.15) is 0 Å². The molecule has 9 heteroatoms. The maximum absolute atomic E-state index is 10.8. The highest BCUT2D eigenvalue weighted by Crippen LogP contribution is 2.20. The molecule has 0 saturated carbocycles. The summed E-state index contributed by atoms with van der Waals surface area (Å²) in [6.07, 6.45) is 2.70. The van der Waals surface area contributed by atoms with E-state index in [1.54, 1.807) is 6.07 Å². The molecule has 1 heterocycles. The number of anilines is 1. The standard InChI is InChI=1S/C12H9N5O4/c18-16(19)10-4-1-3-9(7-10)8-14-15-12-11(17(20)21)5-2-6-13-12/h1-8H,(H,13,15)/b14-8-. The highest BCUT2D eigenvalue weighted by Gasteiger charge is 2.12. The van der Waals surface area contributed by atoms with Crippen LogP contribution >= 0.6 is 0 Å². The molecule has 0 unspecified atom stereocenters. The minimum Gasteiger partial charge on any atom is -0.258 e. The van der Waals surface area contributed by atoms with Gasteiger partial charge in [0.05, 0.1) is 16.1 Å². The van der Waals surface area contributed by atoms with Crippen molar-refractivity contribution in [2.24, 2.45) is 5.10 Å². The molecule has 1 aromatic carbocycles. The molecule has 9 nitrogen and oxygen atoms in total. The van der Waals surface area contributed by atoms with E-state index in [4.69, 9.17) is 0 Å². The van der Waals surface area contributed by atoms with Gasteiger partial charge in [-0.2, -0.15) is 5.10 Å². The largest absolute Gasteiger partial charge is 0.313 e. The van der Waals surface area contributed by atoms with Crippen LogP contribution in [0.3, 0.4) is 0 Å². The number of rotatable bonds is 5. The topological polar surface area (TPSA) is 124 Å². The van der Waals surface area contributed by atoms with Crippen LogP contribution in [0.25, 0.3) is 0 Å². The van der Waals surface area contributed by atoms with Crippen molar-refractivity contribution in [1.29, 1.82) is 0 Å². The smallest absolute Gasteiger partial charge is 0.258 e. The number of aromatic nitrogens is 1. The predicted octanol–water partition coefficient (Wildman–Crippen LogP) is 2.34. The Hall–Kier alpha value is -3.36. The van der Waals surface area contributed by atoms with Gasteiger partial charge in [0, 0.05) is 30.0 Å². The van der Waals surface area contributed by atoms with Crippen LogP contribution in [0.15, 0.2) is 47.7 Å². The van der Waals surface area contributed by atoms with Crippen molar-refractivity contribution in [3.63, 3.8) is 0 Å². The summed E-state index contributed by atoms with van der Waals surface area (Å²) in [6, 6.07) is 8.55. The second-order valence-corrected chi connectivity index (χ2v) is 3.85. The number of pyridine rings is 1. The van der Waals surface area contributed by atoms with Gasteiger partial charge >= 0.3 is 5.69 Å². The second-order valence-electron chi connectivity index (χ2n) is 3.85. The monoisotopic (exact) mass is 287 g/mol. The maximum atomic E-state index is 10.8. The van der Waals surface area contributed by atoms with Gasteiger partial charge in [-0.25, -0.2) is 4.98 Å². The molecule has 0 amide bonds. The fraction of sp³-hybridized carbons (Fsp3) is 0. The van der Waals surface area contributed by atoms with Gasteiger partial charge in [0.25, 0.3) is 5.69 Å². The first-order valence-electron chi connectivity index (χ1n) is 5.71. The van der Waals surface area contributed by atoms with Crippen molar-refractivity contribution < 1.29 is 9.85 Å². The van der Waals surface area contributed by atoms with Gasteiger partial charge in [-0.05, 0) is 6.07 Å². The first-order chi connectivity index (χ1) is 10.1. The molecule has 0 radical (unpaired) electrons. The SMILES string of the molecule is O=[N+]([O-])c1cccc(/C=N\Nc2ncccc2[N+](=O)[O-])c1. The van der Waals surface area contributed by atoms with E-state index in [2.05, 4.69) is 15.5 Å². The second kappa shape index (κ2) is 6.19. The summed E-state index contributed by atoms with van der Waals surface area (Å²) in [5.41, 5.74) is 2.64. The van der Waals surface area contributed by atoms with Crippen molar-refractivity contribution in [2.45, 2.75) is 0 Å². The van der Waals surface area contributed by atoms with Crippen LogP contribution in [0.4, 0.5) is 17.2 Å². The average molecular weight is 287 g/mol. The molecular weight excluding hydrogens is 278 g/mol. The summed E-state index contributed by atoms with van der Waals surface area (Å²) in [7, 11) is 0. The molecule has 1 aromatic heterocycles. The molecule has 0 spiro atoms. The van der Waals surface area contributed by atoms with Crippen molar-refractivity contribution in [3.8, 4) is 0 Å². The predicted molar refractivity (Wildman–Crippen MR) is 75.2 cm³/mol. The molecule has 21 heavy (non-hydrogen) atoms. The number of nitrogens with zero attached hydrogens (tertiary/aromatic N) is 4. The Morgan fingerprint density at radius 2 is 1.95 bits per heavy atom. The fourth-order valence-electron chi connectivity index (χ4n) is 1.52. The Kier molecular flexibility index (Phi) is 4.14. The van der Waals surface area contributed by atoms with Crippen molar-refractivity contribution in [2.75, 3.05) is 5.43 Å². The lowest BCUT2D eigenvalue weighted by Crippen LogP contribution is -1.99. The minimum absolute atomic E-state index is 0.0100. The number of benzene rings is 1. The van der Waals surface area contributed by atoms with E-state index in [1.807, 2.05) is 0 Å². The number of hydrogen-bond donors (Lipinski definition) is 1. The average Bonchev–Trinajstić information content (AvgIpc) is 2.48. The summed E-state index contributed by atoms with van der Waals surface area (Å²) in [5, 5.41) is 25.2. The van der Waals surface area contributed by atoms with E-state index in [-0.39, 0.29) is 17.2 Å². The number of hydrazone groups is 1. The lowest BCUT2D eigenvalue weighted by atomic mass is 10.2. The zero-order valence-corrected chi connectivity index (χ0v) is 10.5. The molecule has 1 N–H and O–H groups in total. The molecular formula is C12H9N5O4. The normalized spacial score (nSPS) is 10.5. The molecule has 106 valence electrons. The van der Waals surface area contributed by atoms with Crippen molar-refractivity contribution in [1.82, 2.24) is 4.98 Å². The Morgan fingerprint density at radius 1 is 1.14 bits per heavy atom. The quantitative estimate of drug-likeness (QED) is 0.511. The third kappa shape index (κ3) is 3.56. The van der Waals surface area contributed by atoms with Crippen LogP contribution in [0.5, 0.6) is 0 Å². The first-order valence-corrected chi connectivity index (χ1v) is 5.71. The van der Waals surface area contributed by atoms with Crippen LogP contribution in [0.2, 0.25) is 0 Å². The highest BCUT2D eigenvalue weighted by molar-refractivity contribution is 5.81. The third-order valence-electron chi connectivity index (χ3n) is 2.45. The molecule has 0 aliphatic heterocycles. The van der Waals surface area contributed by atoms with E-state index < -0.39 is 9.85 Å². The summed E-state index contributed by atoms with van der Waals surface area (Å²) >= 11 is 0. The molecule has 2 aromatic rings. The zero-order valence-electron chi connectivity index (χ0n) is 10.5. The van der Waals surface area contributed by atoms with E-state index in [0.29, 0.717) is 5.56 Å². The van der Waals surface area contributed by atoms with Crippen LogP contribution in [0, 0.1) is 20.2 Å². The Bertz CT molecular complexity index is 716. The molecule has 0 aliphatic rings. The highest BCUT2D eigenvalue weighted by atomic mass is 16.6. The maximum Gasteiger partial charge on any atom is 0.313 e. The molecule has 0 saturated heterocycles. The minimum atomic E-state index is -0.585. The Labute approximate surface area is 118 Å². The van der Waals surface area contributed by atoms with Gasteiger partial charge in [-0.15, -0.1) is 0 Å². The first kappa shape index (κ1) is 14.1. The molecule has 0 atom stereocenters. The number of non-ortho nitro benzene ring substituents is 1. The third-order valence-corrected chi connectivity index (χ3v) is 2.45. The van der Waals surface area contributed by atoms with E-state index in [0.717, 1.165) is 0 Å². The van der Waals surface area contributed by atoms with E-state index in [9.17, 15) is 20.2 Å². The van der Waals surface area contributed by atoms with Crippen LogP contribution in [0.1, 0.15) is 5.56 Å². The summed E-state index contributed by atoms with van der Waals surface area (Å²) in [5.74, 6) is -0.0100. The zero-order chi connectivity index (χ0) is 15.2. The van der Waals surface area contributed by atoms with E-state index in [1.165, 1.54) is 42.7 Å². The van der Waals surface area contributed by atoms with Gasteiger partial charge in [0.2, 0.25) is 5.82 Å². The number of nitrogens with one attached hydrogen (secondary N) is 1. The van der Waals surface area contributed by atoms with Crippen molar-refractivity contribution >= 4 is 23.4 Å².